The average molecular weight is 833 g/mol. The summed E-state index contributed by atoms with van der Waals surface area (Å²) in [6, 6.07) is 39.4. The Balaban J connectivity index is 1.31. The number of ether oxygens (including phenoxy) is 2. The largest absolute Gasteiger partial charge is 0.491 e. The van der Waals surface area contributed by atoms with Gasteiger partial charge in [0.25, 0.3) is 0 Å². The van der Waals surface area contributed by atoms with Crippen LogP contribution in [0.1, 0.15) is 91.1 Å². The molecule has 4 aliphatic rings. The van der Waals surface area contributed by atoms with Crippen molar-refractivity contribution in [3.63, 3.8) is 0 Å². The minimum absolute atomic E-state index is 0.0338. The van der Waals surface area contributed by atoms with Gasteiger partial charge in [0, 0.05) is 13.1 Å². The van der Waals surface area contributed by atoms with Crippen molar-refractivity contribution in [2.75, 3.05) is 31.2 Å². The number of likely N-dealkylation sites (tertiary alicyclic amines) is 1. The lowest BCUT2D eigenvalue weighted by atomic mass is 9.65. The van der Waals surface area contributed by atoms with Crippen molar-refractivity contribution in [1.82, 2.24) is 15.1 Å². The van der Waals surface area contributed by atoms with Crippen LogP contribution in [0.5, 0.6) is 5.75 Å². The van der Waals surface area contributed by atoms with Crippen LogP contribution in [-0.2, 0) is 24.5 Å². The summed E-state index contributed by atoms with van der Waals surface area (Å²) in [7, 11) is 0. The SMILES string of the molecule is C[C@@H](NC(=O)N1C(=O)[C@@]2(c3ccccc31)[C@H](c1cccc(OCCO)c1)N1[C@H](c3ccccc3)[C@H](c3ccccc3)OC(=O)[C@H]1[C@@H]2C(=O)N1CCCCCCC1)c1ccccc1. The summed E-state index contributed by atoms with van der Waals surface area (Å²) < 4.78 is 12.6. The maximum absolute atomic E-state index is 16.4. The number of anilines is 1. The van der Waals surface area contributed by atoms with E-state index in [1.165, 1.54) is 4.90 Å². The maximum atomic E-state index is 16.4. The fourth-order valence-electron chi connectivity index (χ4n) is 10.5. The zero-order chi connectivity index (χ0) is 42.8. The molecule has 11 heteroatoms. The number of cyclic esters (lactones) is 1. The molecular weight excluding hydrogens is 781 g/mol. The van der Waals surface area contributed by atoms with Crippen LogP contribution in [0.25, 0.3) is 0 Å². The lowest BCUT2D eigenvalue weighted by molar-refractivity contribution is -0.179. The van der Waals surface area contributed by atoms with Crippen LogP contribution in [0, 0.1) is 5.92 Å². The molecule has 0 aliphatic carbocycles. The van der Waals surface area contributed by atoms with Crippen molar-refractivity contribution in [1.29, 1.82) is 0 Å². The molecule has 3 fully saturated rings. The van der Waals surface area contributed by atoms with Crippen LogP contribution in [0.2, 0.25) is 0 Å². The van der Waals surface area contributed by atoms with Gasteiger partial charge >= 0.3 is 12.0 Å². The van der Waals surface area contributed by atoms with Gasteiger partial charge in [0.2, 0.25) is 11.8 Å². The Labute approximate surface area is 362 Å². The van der Waals surface area contributed by atoms with E-state index in [1.807, 2.05) is 133 Å². The number of morpholine rings is 1. The molecule has 0 unspecified atom stereocenters. The summed E-state index contributed by atoms with van der Waals surface area (Å²) >= 11 is 0. The first-order chi connectivity index (χ1) is 30.3. The fourth-order valence-corrected chi connectivity index (χ4v) is 10.5. The van der Waals surface area contributed by atoms with Crippen molar-refractivity contribution in [2.45, 2.75) is 74.7 Å². The molecule has 318 valence electrons. The number of hydrogen-bond acceptors (Lipinski definition) is 8. The summed E-state index contributed by atoms with van der Waals surface area (Å²) in [6.07, 6.45) is 3.75. The quantitative estimate of drug-likeness (QED) is 0.143. The van der Waals surface area contributed by atoms with Crippen molar-refractivity contribution in [3.8, 4) is 5.75 Å². The molecule has 4 heterocycles. The number of hydrogen-bond donors (Lipinski definition) is 2. The van der Waals surface area contributed by atoms with E-state index in [4.69, 9.17) is 9.47 Å². The first-order valence-corrected chi connectivity index (χ1v) is 21.8. The second-order valence-electron chi connectivity index (χ2n) is 16.7. The third-order valence-corrected chi connectivity index (χ3v) is 13.2. The molecule has 0 saturated carbocycles. The van der Waals surface area contributed by atoms with E-state index in [1.54, 1.807) is 18.2 Å². The molecule has 4 aliphatic heterocycles. The zero-order valence-electron chi connectivity index (χ0n) is 34.8. The van der Waals surface area contributed by atoms with Crippen LogP contribution >= 0.6 is 0 Å². The molecular formula is C51H52N4O7. The minimum Gasteiger partial charge on any atom is -0.491 e. The Kier molecular flexibility index (Phi) is 11.7. The summed E-state index contributed by atoms with van der Waals surface area (Å²) in [5.41, 5.74) is 2.07. The standard InChI is InChI=1S/C51H52N4O7/c1-34(35-19-8-5-9-20-35)52-50(60)54-41-28-15-14-27-40(41)51(49(54)59)42(47(57)53-29-16-3-2-4-17-30-53)44-48(58)62-45(37-23-12-7-13-24-37)43(36-21-10-6-11-22-36)55(44)46(51)38-25-18-26-39(33-38)61-32-31-56/h5-15,18-28,33-34,42-46,56H,2-4,16-17,29-32H2,1H3,(H,52,60)/t34-,42-,43-,44-,45+,46+,51-/m1/s1. The number of esters is 1. The number of nitrogens with one attached hydrogen (secondary N) is 1. The van der Waals surface area contributed by atoms with Gasteiger partial charge in [-0.05, 0) is 65.8 Å². The second kappa shape index (κ2) is 17.6. The average Bonchev–Trinajstić information content (AvgIpc) is 3.75. The predicted molar refractivity (Wildman–Crippen MR) is 234 cm³/mol. The first-order valence-electron chi connectivity index (χ1n) is 21.8. The molecule has 7 atom stereocenters. The molecule has 5 aromatic carbocycles. The van der Waals surface area contributed by atoms with Crippen molar-refractivity contribution in [3.05, 3.63) is 167 Å². The van der Waals surface area contributed by atoms with Gasteiger partial charge in [-0.1, -0.05) is 141 Å². The van der Waals surface area contributed by atoms with Crippen molar-refractivity contribution < 1.29 is 33.8 Å². The van der Waals surface area contributed by atoms with Gasteiger partial charge in [-0.3, -0.25) is 19.3 Å². The van der Waals surface area contributed by atoms with Crippen LogP contribution < -0.4 is 15.0 Å². The van der Waals surface area contributed by atoms with Crippen LogP contribution in [0.4, 0.5) is 10.5 Å². The number of amides is 4. The van der Waals surface area contributed by atoms with E-state index in [-0.39, 0.29) is 19.1 Å². The number of imide groups is 1. The number of rotatable bonds is 9. The fraction of sp³-hybridized carbons (Fsp3) is 0.333. The molecule has 2 N–H and O–H groups in total. The molecule has 3 saturated heterocycles. The Morgan fingerprint density at radius 3 is 2.06 bits per heavy atom. The Hall–Kier alpha value is -6.30. The van der Waals surface area contributed by atoms with Crippen LogP contribution in [0.15, 0.2) is 140 Å². The number of carbonyl (C=O) groups is 4. The first kappa shape index (κ1) is 41.1. The molecule has 0 aromatic heterocycles. The third kappa shape index (κ3) is 7.12. The minimum atomic E-state index is -1.82. The van der Waals surface area contributed by atoms with Gasteiger partial charge in [0.15, 0.2) is 0 Å². The highest BCUT2D eigenvalue weighted by molar-refractivity contribution is 6.24. The van der Waals surface area contributed by atoms with E-state index in [2.05, 4.69) is 10.2 Å². The summed E-state index contributed by atoms with van der Waals surface area (Å²) in [5.74, 6) is -2.39. The lowest BCUT2D eigenvalue weighted by Gasteiger charge is -2.46. The van der Waals surface area contributed by atoms with Crippen LogP contribution in [0.3, 0.4) is 0 Å². The second-order valence-corrected chi connectivity index (χ2v) is 16.7. The molecule has 11 nitrogen and oxygen atoms in total. The van der Waals surface area contributed by atoms with E-state index < -0.39 is 59.5 Å². The zero-order valence-corrected chi connectivity index (χ0v) is 34.8. The normalized spacial score (nSPS) is 25.3. The monoisotopic (exact) mass is 832 g/mol. The maximum Gasteiger partial charge on any atom is 0.329 e. The number of aliphatic hydroxyl groups excluding tert-OH is 1. The van der Waals surface area contributed by atoms with Gasteiger partial charge in [-0.25, -0.2) is 9.69 Å². The number of fused-ring (bicyclic) bond motifs is 3. The van der Waals surface area contributed by atoms with Gasteiger partial charge in [0.05, 0.1) is 36.3 Å². The molecule has 9 rings (SSSR count). The summed E-state index contributed by atoms with van der Waals surface area (Å²) in [5, 5.41) is 12.8. The predicted octanol–water partition coefficient (Wildman–Crippen LogP) is 7.99. The van der Waals surface area contributed by atoms with Gasteiger partial charge in [-0.2, -0.15) is 0 Å². The van der Waals surface area contributed by atoms with Gasteiger partial charge in [-0.15, -0.1) is 0 Å². The third-order valence-electron chi connectivity index (χ3n) is 13.2. The van der Waals surface area contributed by atoms with Crippen LogP contribution in [-0.4, -0.2) is 71.1 Å². The van der Waals surface area contributed by atoms with Crippen molar-refractivity contribution in [2.24, 2.45) is 5.92 Å². The van der Waals surface area contributed by atoms with E-state index in [9.17, 15) is 9.90 Å². The molecule has 0 radical (unpaired) electrons. The molecule has 4 amide bonds. The Morgan fingerprint density at radius 1 is 0.758 bits per heavy atom. The topological polar surface area (TPSA) is 129 Å². The molecule has 1 spiro atoms. The smallest absolute Gasteiger partial charge is 0.329 e. The summed E-state index contributed by atoms with van der Waals surface area (Å²) in [6.45, 7) is 2.64. The number of benzene rings is 5. The van der Waals surface area contributed by atoms with E-state index >= 15 is 14.4 Å². The highest BCUT2D eigenvalue weighted by Gasteiger charge is 2.76. The summed E-state index contributed by atoms with van der Waals surface area (Å²) in [4.78, 5) is 67.7. The Bertz CT molecular complexity index is 2410. The van der Waals surface area contributed by atoms with E-state index in [0.717, 1.165) is 48.8 Å². The number of nitrogens with zero attached hydrogens (tertiary/aromatic N) is 3. The lowest BCUT2D eigenvalue weighted by Crippen LogP contribution is -2.57. The van der Waals surface area contributed by atoms with Gasteiger partial charge in [0.1, 0.15) is 29.9 Å². The highest BCUT2D eigenvalue weighted by atomic mass is 16.6. The number of urea groups is 1. The highest BCUT2D eigenvalue weighted by Crippen LogP contribution is 2.66. The molecule has 5 aromatic rings. The van der Waals surface area contributed by atoms with E-state index in [0.29, 0.717) is 35.7 Å². The Morgan fingerprint density at radius 2 is 1.37 bits per heavy atom. The number of para-hydroxylation sites is 1. The molecule has 0 bridgehead atoms. The van der Waals surface area contributed by atoms with Crippen molar-refractivity contribution >= 4 is 29.5 Å². The number of aliphatic hydroxyl groups is 1. The number of carbonyl (C=O) groups excluding carboxylic acids is 4. The van der Waals surface area contributed by atoms with Gasteiger partial charge < -0.3 is 24.8 Å². The molecule has 62 heavy (non-hydrogen) atoms.